The van der Waals surface area contributed by atoms with Gasteiger partial charge in [0.15, 0.2) is 0 Å². The number of hydrogen-bond acceptors (Lipinski definition) is 5. The van der Waals surface area contributed by atoms with Crippen molar-refractivity contribution < 1.29 is 17.9 Å². The first-order chi connectivity index (χ1) is 16.1. The standard InChI is InChI=1S/C23H20Cl3N3O4S/c1-34(31,32)29(21-4-2-3-20(25)23(21)26)14-22(30)28-27-13-16-7-11-19(12-8-16)33-15-17-5-9-18(24)10-6-17/h2-13H,14-15H2,1H3,(H,28,30)/b27-13+. The number of ether oxygens (including phenoxy) is 1. The van der Waals surface area contributed by atoms with Crippen molar-refractivity contribution in [2.75, 3.05) is 17.1 Å². The third-order valence-corrected chi connectivity index (χ3v) is 6.68. The number of hydrazone groups is 1. The molecule has 0 aliphatic carbocycles. The minimum Gasteiger partial charge on any atom is -0.489 e. The molecule has 0 radical (unpaired) electrons. The maximum Gasteiger partial charge on any atom is 0.260 e. The number of hydrogen-bond donors (Lipinski definition) is 1. The molecule has 11 heteroatoms. The fraction of sp³-hybridized carbons (Fsp3) is 0.130. The summed E-state index contributed by atoms with van der Waals surface area (Å²) in [6.07, 6.45) is 2.40. The fourth-order valence-corrected chi connectivity index (χ4v) is 4.24. The van der Waals surface area contributed by atoms with Crippen molar-refractivity contribution in [2.45, 2.75) is 6.61 Å². The van der Waals surface area contributed by atoms with Crippen molar-refractivity contribution in [2.24, 2.45) is 5.10 Å². The van der Waals surface area contributed by atoms with Gasteiger partial charge in [-0.25, -0.2) is 13.8 Å². The van der Waals surface area contributed by atoms with Crippen molar-refractivity contribution in [3.8, 4) is 5.75 Å². The van der Waals surface area contributed by atoms with Crippen LogP contribution in [0.2, 0.25) is 15.1 Å². The summed E-state index contributed by atoms with van der Waals surface area (Å²) >= 11 is 18.0. The molecule has 0 fully saturated rings. The van der Waals surface area contributed by atoms with E-state index in [1.54, 1.807) is 42.5 Å². The van der Waals surface area contributed by atoms with Crippen LogP contribution >= 0.6 is 34.8 Å². The summed E-state index contributed by atoms with van der Waals surface area (Å²) in [5.41, 5.74) is 4.10. The third-order valence-electron chi connectivity index (χ3n) is 4.49. The van der Waals surface area contributed by atoms with E-state index in [1.807, 2.05) is 12.1 Å². The van der Waals surface area contributed by atoms with Crippen LogP contribution in [0.4, 0.5) is 5.69 Å². The monoisotopic (exact) mass is 539 g/mol. The molecule has 0 aliphatic heterocycles. The minimum absolute atomic E-state index is 0.0317. The number of benzene rings is 3. The van der Waals surface area contributed by atoms with Crippen LogP contribution in [0.5, 0.6) is 5.75 Å². The van der Waals surface area contributed by atoms with Gasteiger partial charge in [0, 0.05) is 5.02 Å². The molecule has 0 heterocycles. The number of anilines is 1. The Morgan fingerprint density at radius 3 is 2.35 bits per heavy atom. The van der Waals surface area contributed by atoms with E-state index in [2.05, 4.69) is 10.5 Å². The fourth-order valence-electron chi connectivity index (χ4n) is 2.81. The number of carbonyl (C=O) groups excluding carboxylic acids is 1. The van der Waals surface area contributed by atoms with Crippen molar-refractivity contribution in [3.63, 3.8) is 0 Å². The Morgan fingerprint density at radius 1 is 1.03 bits per heavy atom. The van der Waals surface area contributed by atoms with Crippen LogP contribution in [-0.4, -0.2) is 33.3 Å². The van der Waals surface area contributed by atoms with E-state index in [1.165, 1.54) is 18.3 Å². The highest BCUT2D eigenvalue weighted by molar-refractivity contribution is 7.92. The Balaban J connectivity index is 1.57. The van der Waals surface area contributed by atoms with Crippen LogP contribution < -0.4 is 14.5 Å². The zero-order valence-corrected chi connectivity index (χ0v) is 21.0. The molecule has 3 aromatic rings. The predicted molar refractivity (Wildman–Crippen MR) is 137 cm³/mol. The van der Waals surface area contributed by atoms with Gasteiger partial charge in [0.25, 0.3) is 5.91 Å². The molecule has 1 amide bonds. The second-order valence-electron chi connectivity index (χ2n) is 7.12. The number of sulfonamides is 1. The lowest BCUT2D eigenvalue weighted by Crippen LogP contribution is -2.39. The highest BCUT2D eigenvalue weighted by Crippen LogP contribution is 2.33. The number of carbonyl (C=O) groups is 1. The average Bonchev–Trinajstić information content (AvgIpc) is 2.79. The van der Waals surface area contributed by atoms with Gasteiger partial charge in [-0.2, -0.15) is 5.10 Å². The van der Waals surface area contributed by atoms with Gasteiger partial charge in [-0.05, 0) is 59.7 Å². The molecule has 0 aromatic heterocycles. The molecule has 0 bridgehead atoms. The molecule has 0 atom stereocenters. The number of rotatable bonds is 9. The second-order valence-corrected chi connectivity index (χ2v) is 10.2. The zero-order valence-electron chi connectivity index (χ0n) is 17.9. The Hall–Kier alpha value is -2.78. The van der Waals surface area contributed by atoms with Crippen LogP contribution in [0.25, 0.3) is 0 Å². The van der Waals surface area contributed by atoms with Crippen LogP contribution in [0, 0.1) is 0 Å². The molecular weight excluding hydrogens is 521 g/mol. The Morgan fingerprint density at radius 2 is 1.71 bits per heavy atom. The number of halogens is 3. The Labute approximate surface area is 212 Å². The average molecular weight is 541 g/mol. The quantitative estimate of drug-likeness (QED) is 0.301. The molecule has 0 saturated heterocycles. The van der Waals surface area contributed by atoms with Gasteiger partial charge in [0.2, 0.25) is 10.0 Å². The normalized spacial score (nSPS) is 11.4. The van der Waals surface area contributed by atoms with Crippen LogP contribution in [0.1, 0.15) is 11.1 Å². The molecule has 0 spiro atoms. The number of nitrogens with zero attached hydrogens (tertiary/aromatic N) is 2. The van der Waals surface area contributed by atoms with Crippen LogP contribution in [-0.2, 0) is 21.4 Å². The molecule has 0 saturated carbocycles. The topological polar surface area (TPSA) is 88.1 Å². The smallest absolute Gasteiger partial charge is 0.260 e. The third kappa shape index (κ3) is 7.36. The van der Waals surface area contributed by atoms with Crippen molar-refractivity contribution in [3.05, 3.63) is 92.9 Å². The molecular formula is C23H20Cl3N3O4S. The van der Waals surface area contributed by atoms with Crippen LogP contribution in [0.3, 0.4) is 0 Å². The summed E-state index contributed by atoms with van der Waals surface area (Å²) in [7, 11) is -3.80. The van der Waals surface area contributed by atoms with E-state index in [-0.39, 0.29) is 15.7 Å². The van der Waals surface area contributed by atoms with Gasteiger partial charge < -0.3 is 4.74 Å². The summed E-state index contributed by atoms with van der Waals surface area (Å²) in [5, 5.41) is 4.75. The van der Waals surface area contributed by atoms with Gasteiger partial charge in [0.05, 0.1) is 28.2 Å². The first-order valence-electron chi connectivity index (χ1n) is 9.84. The summed E-state index contributed by atoms with van der Waals surface area (Å²) in [5.74, 6) is 0.0129. The van der Waals surface area contributed by atoms with Gasteiger partial charge in [0.1, 0.15) is 18.9 Å². The first-order valence-corrected chi connectivity index (χ1v) is 12.8. The second kappa shape index (κ2) is 11.6. The summed E-state index contributed by atoms with van der Waals surface area (Å²) in [6.45, 7) is -0.123. The van der Waals surface area contributed by atoms with E-state index in [0.29, 0.717) is 22.9 Å². The summed E-state index contributed by atoms with van der Waals surface area (Å²) in [6, 6.07) is 19.0. The first kappa shape index (κ1) is 25.8. The summed E-state index contributed by atoms with van der Waals surface area (Å²) < 4.78 is 31.0. The van der Waals surface area contributed by atoms with E-state index in [4.69, 9.17) is 39.5 Å². The van der Waals surface area contributed by atoms with Crippen LogP contribution in [0.15, 0.2) is 71.8 Å². The molecule has 3 rings (SSSR count). The zero-order chi connectivity index (χ0) is 24.7. The Bertz CT molecular complexity index is 1280. The number of nitrogens with one attached hydrogen (secondary N) is 1. The highest BCUT2D eigenvalue weighted by Gasteiger charge is 2.23. The van der Waals surface area contributed by atoms with Gasteiger partial charge in [-0.15, -0.1) is 0 Å². The lowest BCUT2D eigenvalue weighted by molar-refractivity contribution is -0.119. The largest absolute Gasteiger partial charge is 0.489 e. The lowest BCUT2D eigenvalue weighted by atomic mass is 10.2. The maximum absolute atomic E-state index is 12.3. The van der Waals surface area contributed by atoms with Gasteiger partial charge in [-0.1, -0.05) is 53.0 Å². The molecule has 178 valence electrons. The minimum atomic E-state index is -3.80. The Kier molecular flexibility index (Phi) is 8.79. The highest BCUT2D eigenvalue weighted by atomic mass is 35.5. The van der Waals surface area contributed by atoms with E-state index >= 15 is 0 Å². The molecule has 3 aromatic carbocycles. The number of amides is 1. The van der Waals surface area contributed by atoms with E-state index < -0.39 is 22.5 Å². The van der Waals surface area contributed by atoms with Crippen molar-refractivity contribution in [1.82, 2.24) is 5.43 Å². The van der Waals surface area contributed by atoms with E-state index in [9.17, 15) is 13.2 Å². The molecule has 0 aliphatic rings. The van der Waals surface area contributed by atoms with Gasteiger partial charge in [-0.3, -0.25) is 9.10 Å². The SMILES string of the molecule is CS(=O)(=O)N(CC(=O)N/N=C/c1ccc(OCc2ccc(Cl)cc2)cc1)c1cccc(Cl)c1Cl. The molecule has 0 unspecified atom stereocenters. The molecule has 7 nitrogen and oxygen atoms in total. The van der Waals surface area contributed by atoms with E-state index in [0.717, 1.165) is 16.1 Å². The summed E-state index contributed by atoms with van der Waals surface area (Å²) in [4.78, 5) is 12.3. The van der Waals surface area contributed by atoms with Crippen molar-refractivity contribution >= 4 is 62.6 Å². The predicted octanol–water partition coefficient (Wildman–Crippen LogP) is 5.14. The molecule has 34 heavy (non-hydrogen) atoms. The van der Waals surface area contributed by atoms with Crippen molar-refractivity contribution in [1.29, 1.82) is 0 Å². The van der Waals surface area contributed by atoms with Gasteiger partial charge >= 0.3 is 0 Å². The maximum atomic E-state index is 12.3. The lowest BCUT2D eigenvalue weighted by Gasteiger charge is -2.22. The molecule has 1 N–H and O–H groups in total.